The van der Waals surface area contributed by atoms with Gasteiger partial charge in [0.2, 0.25) is 5.78 Å². The van der Waals surface area contributed by atoms with Crippen LogP contribution >= 0.6 is 0 Å². The number of pyridine rings is 1. The molecule has 0 aliphatic carbocycles. The molecule has 0 amide bonds. The number of nitrogens with zero attached hydrogens (tertiary/aromatic N) is 1. The Labute approximate surface area is 85.2 Å². The van der Waals surface area contributed by atoms with Crippen molar-refractivity contribution in [3.05, 3.63) is 52.0 Å². The van der Waals surface area contributed by atoms with Gasteiger partial charge in [0.25, 0.3) is 0 Å². The molecule has 5 heteroatoms. The lowest BCUT2D eigenvalue weighted by molar-refractivity contribution is 0.102. The van der Waals surface area contributed by atoms with Gasteiger partial charge >= 0.3 is 5.69 Å². The minimum atomic E-state index is -0.383. The number of nitrogens with one attached hydrogen (secondary N) is 2. The third-order valence-corrected chi connectivity index (χ3v) is 2.04. The van der Waals surface area contributed by atoms with E-state index in [4.69, 9.17) is 0 Å². The average Bonchev–Trinajstić information content (AvgIpc) is 2.58. The Kier molecular flexibility index (Phi) is 2.21. The molecule has 0 unspecified atom stereocenters. The number of carbonyl (C=O) groups is 1. The normalized spacial score (nSPS) is 10.2. The zero-order chi connectivity index (χ0) is 10.8. The number of rotatable bonds is 2. The van der Waals surface area contributed by atoms with Crippen molar-refractivity contribution in [2.75, 3.05) is 0 Å². The zero-order valence-electron chi connectivity index (χ0n) is 8.07. The summed E-state index contributed by atoms with van der Waals surface area (Å²) in [6.07, 6.45) is 1.54. The van der Waals surface area contributed by atoms with E-state index in [0.29, 0.717) is 11.4 Å². The minimum Gasteiger partial charge on any atom is -0.310 e. The molecular formula is C10H9N3O2. The first kappa shape index (κ1) is 9.39. The number of imidazole rings is 1. The van der Waals surface area contributed by atoms with Gasteiger partial charge in [0.1, 0.15) is 11.4 Å². The molecule has 0 radical (unpaired) electrons. The van der Waals surface area contributed by atoms with E-state index >= 15 is 0 Å². The second kappa shape index (κ2) is 3.53. The van der Waals surface area contributed by atoms with Crippen molar-refractivity contribution in [1.82, 2.24) is 15.0 Å². The lowest BCUT2D eigenvalue weighted by atomic mass is 10.2. The monoisotopic (exact) mass is 203 g/mol. The maximum Gasteiger partial charge on any atom is 0.323 e. The van der Waals surface area contributed by atoms with Gasteiger partial charge in [0.15, 0.2) is 0 Å². The molecule has 2 aromatic rings. The molecule has 2 N–H and O–H groups in total. The number of H-pyrrole nitrogens is 2. The first-order valence-corrected chi connectivity index (χ1v) is 4.43. The van der Waals surface area contributed by atoms with Crippen molar-refractivity contribution in [3.8, 4) is 0 Å². The highest BCUT2D eigenvalue weighted by Gasteiger charge is 2.14. The molecule has 2 rings (SSSR count). The van der Waals surface area contributed by atoms with Gasteiger partial charge in [-0.15, -0.1) is 0 Å². The lowest BCUT2D eigenvalue weighted by Gasteiger charge is -1.97. The fraction of sp³-hybridized carbons (Fsp3) is 0.100. The Bertz CT molecular complexity index is 539. The Morgan fingerprint density at radius 1 is 1.33 bits per heavy atom. The molecule has 0 aliphatic rings. The molecule has 2 aromatic heterocycles. The van der Waals surface area contributed by atoms with E-state index in [-0.39, 0.29) is 17.2 Å². The Morgan fingerprint density at radius 2 is 2.13 bits per heavy atom. The maximum atomic E-state index is 11.8. The largest absolute Gasteiger partial charge is 0.323 e. The summed E-state index contributed by atoms with van der Waals surface area (Å²) in [4.78, 5) is 31.7. The topological polar surface area (TPSA) is 78.6 Å². The van der Waals surface area contributed by atoms with E-state index in [9.17, 15) is 9.59 Å². The molecule has 15 heavy (non-hydrogen) atoms. The number of aromatic nitrogens is 3. The van der Waals surface area contributed by atoms with E-state index in [1.54, 1.807) is 25.1 Å². The molecule has 0 bridgehead atoms. The van der Waals surface area contributed by atoms with Crippen LogP contribution in [0.1, 0.15) is 21.9 Å². The third kappa shape index (κ3) is 1.71. The van der Waals surface area contributed by atoms with E-state index < -0.39 is 0 Å². The van der Waals surface area contributed by atoms with Crippen LogP contribution in [0.5, 0.6) is 0 Å². The van der Waals surface area contributed by atoms with Crippen LogP contribution in [0, 0.1) is 6.92 Å². The molecular weight excluding hydrogens is 194 g/mol. The van der Waals surface area contributed by atoms with Crippen LogP contribution in [0.15, 0.2) is 29.2 Å². The van der Waals surface area contributed by atoms with Crippen molar-refractivity contribution in [2.45, 2.75) is 6.92 Å². The number of ketones is 1. The fourth-order valence-corrected chi connectivity index (χ4v) is 1.32. The summed E-state index contributed by atoms with van der Waals surface area (Å²) in [6, 6.07) is 5.05. The first-order valence-electron chi connectivity index (χ1n) is 4.43. The van der Waals surface area contributed by atoms with Gasteiger partial charge in [-0.25, -0.2) is 4.79 Å². The molecule has 5 nitrogen and oxygen atoms in total. The minimum absolute atomic E-state index is 0.263. The third-order valence-electron chi connectivity index (χ3n) is 2.04. The Morgan fingerprint density at radius 3 is 2.67 bits per heavy atom. The molecule has 0 aliphatic heterocycles. The van der Waals surface area contributed by atoms with Crippen molar-refractivity contribution in [3.63, 3.8) is 0 Å². The highest BCUT2D eigenvalue weighted by Crippen LogP contribution is 2.05. The van der Waals surface area contributed by atoms with Crippen LogP contribution in [0.25, 0.3) is 0 Å². The number of hydrogen-bond donors (Lipinski definition) is 2. The van der Waals surface area contributed by atoms with Crippen LogP contribution in [-0.4, -0.2) is 20.7 Å². The summed E-state index contributed by atoms with van der Waals surface area (Å²) < 4.78 is 0. The summed E-state index contributed by atoms with van der Waals surface area (Å²) in [6.45, 7) is 1.66. The summed E-state index contributed by atoms with van der Waals surface area (Å²) in [5, 5.41) is 0. The van der Waals surface area contributed by atoms with Crippen molar-refractivity contribution >= 4 is 5.78 Å². The smallest absolute Gasteiger partial charge is 0.310 e. The molecule has 0 saturated heterocycles. The van der Waals surface area contributed by atoms with Crippen molar-refractivity contribution in [2.24, 2.45) is 0 Å². The SMILES string of the molecule is Cc1[nH]c(=O)[nH]c1C(=O)c1ccccn1. The summed E-state index contributed by atoms with van der Waals surface area (Å²) in [5.41, 5.74) is 0.719. The van der Waals surface area contributed by atoms with Crippen molar-refractivity contribution in [1.29, 1.82) is 0 Å². The predicted molar refractivity (Wildman–Crippen MR) is 53.8 cm³/mol. The summed E-state index contributed by atoms with van der Waals surface area (Å²) >= 11 is 0. The van der Waals surface area contributed by atoms with Crippen LogP contribution in [0.3, 0.4) is 0 Å². The molecule has 0 atom stereocenters. The van der Waals surface area contributed by atoms with Gasteiger partial charge in [-0.2, -0.15) is 0 Å². The van der Waals surface area contributed by atoms with Gasteiger partial charge in [-0.05, 0) is 19.1 Å². The van der Waals surface area contributed by atoms with Crippen LogP contribution in [-0.2, 0) is 0 Å². The molecule has 2 heterocycles. The number of hydrogen-bond acceptors (Lipinski definition) is 3. The standard InChI is InChI=1S/C10H9N3O2/c1-6-8(13-10(15)12-6)9(14)7-4-2-3-5-11-7/h2-5H,1H3,(H2,12,13,15). The van der Waals surface area contributed by atoms with Gasteiger partial charge < -0.3 is 9.97 Å². The first-order chi connectivity index (χ1) is 7.18. The van der Waals surface area contributed by atoms with Gasteiger partial charge in [-0.3, -0.25) is 9.78 Å². The molecule has 0 fully saturated rings. The average molecular weight is 203 g/mol. The van der Waals surface area contributed by atoms with Crippen LogP contribution in [0.4, 0.5) is 0 Å². The molecule has 76 valence electrons. The van der Waals surface area contributed by atoms with Crippen LogP contribution < -0.4 is 5.69 Å². The van der Waals surface area contributed by atoms with Gasteiger partial charge in [0, 0.05) is 11.9 Å². The predicted octanol–water partition coefficient (Wildman–Crippen LogP) is 0.637. The van der Waals surface area contributed by atoms with E-state index in [1.807, 2.05) is 0 Å². The Balaban J connectivity index is 2.46. The second-order valence-electron chi connectivity index (χ2n) is 3.12. The second-order valence-corrected chi connectivity index (χ2v) is 3.12. The maximum absolute atomic E-state index is 11.8. The van der Waals surface area contributed by atoms with E-state index in [0.717, 1.165) is 0 Å². The number of aryl methyl sites for hydroxylation is 1. The number of aromatic amines is 2. The Hall–Kier alpha value is -2.17. The molecule has 0 aromatic carbocycles. The number of carbonyl (C=O) groups excluding carboxylic acids is 1. The van der Waals surface area contributed by atoms with Crippen molar-refractivity contribution < 1.29 is 4.79 Å². The highest BCUT2D eigenvalue weighted by atomic mass is 16.1. The van der Waals surface area contributed by atoms with E-state index in [2.05, 4.69) is 15.0 Å². The fourth-order valence-electron chi connectivity index (χ4n) is 1.32. The van der Waals surface area contributed by atoms with Gasteiger partial charge in [0.05, 0.1) is 0 Å². The zero-order valence-corrected chi connectivity index (χ0v) is 8.07. The lowest BCUT2D eigenvalue weighted by Crippen LogP contribution is -2.07. The van der Waals surface area contributed by atoms with Gasteiger partial charge in [-0.1, -0.05) is 6.07 Å². The molecule has 0 spiro atoms. The van der Waals surface area contributed by atoms with Crippen LogP contribution in [0.2, 0.25) is 0 Å². The van der Waals surface area contributed by atoms with E-state index in [1.165, 1.54) is 6.20 Å². The summed E-state index contributed by atoms with van der Waals surface area (Å²) in [5.74, 6) is -0.286. The summed E-state index contributed by atoms with van der Waals surface area (Å²) in [7, 11) is 0. The highest BCUT2D eigenvalue weighted by molar-refractivity contribution is 6.06. The molecule has 0 saturated carbocycles. The quantitative estimate of drug-likeness (QED) is 0.703.